The Morgan fingerprint density at radius 2 is 1.89 bits per heavy atom. The van der Waals surface area contributed by atoms with Gasteiger partial charge in [-0.15, -0.1) is 6.58 Å². The van der Waals surface area contributed by atoms with Crippen LogP contribution in [-0.2, 0) is 11.3 Å². The Labute approximate surface area is 213 Å². The van der Waals surface area contributed by atoms with Crippen molar-refractivity contribution in [1.29, 1.82) is 0 Å². The van der Waals surface area contributed by atoms with Crippen LogP contribution in [0.25, 0.3) is 5.69 Å². The van der Waals surface area contributed by atoms with Crippen molar-refractivity contribution in [3.8, 4) is 17.3 Å². The minimum absolute atomic E-state index is 0.122. The summed E-state index contributed by atoms with van der Waals surface area (Å²) < 4.78 is 28.2. The molecule has 0 radical (unpaired) electrons. The summed E-state index contributed by atoms with van der Waals surface area (Å²) >= 11 is 0. The third-order valence-electron chi connectivity index (χ3n) is 6.17. The van der Waals surface area contributed by atoms with Gasteiger partial charge in [-0.3, -0.25) is 4.90 Å². The summed E-state index contributed by atoms with van der Waals surface area (Å²) in [5, 5.41) is 15.6. The largest absolute Gasteiger partial charge is 0.435 e. The molecule has 1 saturated carbocycles. The van der Waals surface area contributed by atoms with Crippen LogP contribution in [0, 0.1) is 11.7 Å². The van der Waals surface area contributed by atoms with E-state index in [1.807, 2.05) is 30.3 Å². The SMILES string of the molecule is C=CCOC[C@@H](O)CN(Cc1c(C(C)C)nn(-c2ccccc2)c1Oc1ccccc1F)CC1CC1. The molecule has 7 heteroatoms. The van der Waals surface area contributed by atoms with Crippen LogP contribution in [0.1, 0.15) is 43.9 Å². The molecule has 0 saturated heterocycles. The molecule has 0 aliphatic heterocycles. The van der Waals surface area contributed by atoms with Gasteiger partial charge in [0.15, 0.2) is 11.6 Å². The topological polar surface area (TPSA) is 59.8 Å². The fourth-order valence-electron chi connectivity index (χ4n) is 4.28. The number of aliphatic hydroxyl groups excluding tert-OH is 1. The second-order valence-electron chi connectivity index (χ2n) is 9.72. The summed E-state index contributed by atoms with van der Waals surface area (Å²) in [5.41, 5.74) is 2.63. The van der Waals surface area contributed by atoms with E-state index in [2.05, 4.69) is 25.3 Å². The summed E-state index contributed by atoms with van der Waals surface area (Å²) in [7, 11) is 0. The highest BCUT2D eigenvalue weighted by molar-refractivity contribution is 5.44. The third kappa shape index (κ3) is 6.81. The summed E-state index contributed by atoms with van der Waals surface area (Å²) in [5.74, 6) is 0.955. The maximum absolute atomic E-state index is 14.6. The van der Waals surface area contributed by atoms with E-state index < -0.39 is 11.9 Å². The van der Waals surface area contributed by atoms with Crippen LogP contribution in [0.5, 0.6) is 11.6 Å². The molecule has 1 heterocycles. The molecule has 36 heavy (non-hydrogen) atoms. The van der Waals surface area contributed by atoms with Gasteiger partial charge in [-0.2, -0.15) is 5.10 Å². The molecule has 1 aromatic heterocycles. The molecule has 192 valence electrons. The first-order chi connectivity index (χ1) is 17.5. The predicted molar refractivity (Wildman–Crippen MR) is 139 cm³/mol. The van der Waals surface area contributed by atoms with Crippen molar-refractivity contribution in [3.63, 3.8) is 0 Å². The van der Waals surface area contributed by atoms with Crippen molar-refractivity contribution in [2.45, 2.75) is 45.3 Å². The number of ether oxygens (including phenoxy) is 2. The molecular weight excluding hydrogens is 457 g/mol. The number of hydrogen-bond donors (Lipinski definition) is 1. The molecule has 1 aliphatic carbocycles. The van der Waals surface area contributed by atoms with Crippen molar-refractivity contribution in [2.75, 3.05) is 26.3 Å². The lowest BCUT2D eigenvalue weighted by atomic mass is 10.1. The monoisotopic (exact) mass is 493 g/mol. The van der Waals surface area contributed by atoms with Gasteiger partial charge in [0, 0.05) is 19.6 Å². The van der Waals surface area contributed by atoms with Gasteiger partial charge in [0.2, 0.25) is 5.88 Å². The Kier molecular flexibility index (Phi) is 8.91. The molecule has 0 amide bonds. The van der Waals surface area contributed by atoms with Gasteiger partial charge in [-0.05, 0) is 48.9 Å². The van der Waals surface area contributed by atoms with Crippen LogP contribution < -0.4 is 4.74 Å². The van der Waals surface area contributed by atoms with Gasteiger partial charge < -0.3 is 14.6 Å². The van der Waals surface area contributed by atoms with E-state index in [9.17, 15) is 9.50 Å². The van der Waals surface area contributed by atoms with Gasteiger partial charge in [0.25, 0.3) is 0 Å². The highest BCUT2D eigenvalue weighted by atomic mass is 19.1. The lowest BCUT2D eigenvalue weighted by molar-refractivity contribution is 0.0235. The Hall–Kier alpha value is -3.00. The van der Waals surface area contributed by atoms with Crippen LogP contribution >= 0.6 is 0 Å². The maximum Gasteiger partial charge on any atom is 0.227 e. The van der Waals surface area contributed by atoms with E-state index in [0.717, 1.165) is 23.5 Å². The Bertz CT molecular complexity index is 1130. The second-order valence-corrected chi connectivity index (χ2v) is 9.72. The molecule has 1 atom stereocenters. The summed E-state index contributed by atoms with van der Waals surface area (Å²) in [6.45, 7) is 10.3. The highest BCUT2D eigenvalue weighted by Gasteiger charge is 2.30. The predicted octanol–water partition coefficient (Wildman–Crippen LogP) is 5.70. The van der Waals surface area contributed by atoms with Crippen LogP contribution in [0.4, 0.5) is 4.39 Å². The number of benzene rings is 2. The molecule has 2 aromatic carbocycles. The lowest BCUT2D eigenvalue weighted by Crippen LogP contribution is -2.36. The molecule has 0 spiro atoms. The number of rotatable bonds is 14. The van der Waals surface area contributed by atoms with Crippen LogP contribution in [0.15, 0.2) is 67.3 Å². The first-order valence-electron chi connectivity index (χ1n) is 12.6. The van der Waals surface area contributed by atoms with Crippen LogP contribution in [-0.4, -0.2) is 52.2 Å². The fraction of sp³-hybridized carbons (Fsp3) is 0.414. The molecule has 3 aromatic rings. The summed E-state index contributed by atoms with van der Waals surface area (Å²) in [4.78, 5) is 2.24. The van der Waals surface area contributed by atoms with Crippen molar-refractivity contribution in [1.82, 2.24) is 14.7 Å². The molecule has 1 aliphatic rings. The zero-order valence-corrected chi connectivity index (χ0v) is 21.1. The quantitative estimate of drug-likeness (QED) is 0.231. The van der Waals surface area contributed by atoms with Crippen molar-refractivity contribution >= 4 is 0 Å². The Balaban J connectivity index is 1.71. The lowest BCUT2D eigenvalue weighted by Gasteiger charge is -2.26. The standard InChI is InChI=1S/C29H36FN3O3/c1-4-16-35-20-24(34)18-32(17-22-14-15-22)19-25-28(21(2)3)31-33(23-10-6-5-7-11-23)29(25)36-27-13-9-8-12-26(27)30/h4-13,21-22,24,34H,1,14-20H2,2-3H3/t24-/m0/s1. The molecule has 4 rings (SSSR count). The number of hydrogen-bond acceptors (Lipinski definition) is 5. The first kappa shape index (κ1) is 26.1. The van der Waals surface area contributed by atoms with E-state index >= 15 is 0 Å². The zero-order chi connectivity index (χ0) is 25.5. The number of nitrogens with zero attached hydrogens (tertiary/aromatic N) is 3. The average molecular weight is 494 g/mol. The van der Waals surface area contributed by atoms with Gasteiger partial charge in [-0.1, -0.05) is 50.3 Å². The van der Waals surface area contributed by atoms with Crippen LogP contribution in [0.3, 0.4) is 0 Å². The Morgan fingerprint density at radius 3 is 2.56 bits per heavy atom. The number of halogens is 1. The number of aliphatic hydroxyl groups is 1. The minimum Gasteiger partial charge on any atom is -0.435 e. The van der Waals surface area contributed by atoms with Crippen molar-refractivity contribution in [2.24, 2.45) is 5.92 Å². The number of aromatic nitrogens is 2. The van der Waals surface area contributed by atoms with Crippen molar-refractivity contribution in [3.05, 3.63) is 84.3 Å². The molecule has 6 nitrogen and oxygen atoms in total. The fourth-order valence-corrected chi connectivity index (χ4v) is 4.28. The van der Waals surface area contributed by atoms with Crippen molar-refractivity contribution < 1.29 is 19.0 Å². The van der Waals surface area contributed by atoms with Gasteiger partial charge in [0.05, 0.1) is 36.3 Å². The van der Waals surface area contributed by atoms with E-state index in [0.29, 0.717) is 31.5 Å². The number of para-hydroxylation sites is 2. The summed E-state index contributed by atoms with van der Waals surface area (Å²) in [6, 6.07) is 16.2. The van der Waals surface area contributed by atoms with E-state index in [1.54, 1.807) is 29.0 Å². The van der Waals surface area contributed by atoms with E-state index in [-0.39, 0.29) is 18.3 Å². The van der Waals surface area contributed by atoms with Gasteiger partial charge >= 0.3 is 0 Å². The molecular formula is C29H36FN3O3. The maximum atomic E-state index is 14.6. The molecule has 0 unspecified atom stereocenters. The Morgan fingerprint density at radius 1 is 1.17 bits per heavy atom. The molecule has 1 fully saturated rings. The average Bonchev–Trinajstić information content (AvgIpc) is 3.61. The normalized spacial score (nSPS) is 14.4. The first-order valence-corrected chi connectivity index (χ1v) is 12.6. The molecule has 0 bridgehead atoms. The smallest absolute Gasteiger partial charge is 0.227 e. The molecule has 1 N–H and O–H groups in total. The van der Waals surface area contributed by atoms with E-state index in [1.165, 1.54) is 18.9 Å². The third-order valence-corrected chi connectivity index (χ3v) is 6.17. The van der Waals surface area contributed by atoms with E-state index in [4.69, 9.17) is 14.6 Å². The minimum atomic E-state index is -0.633. The van der Waals surface area contributed by atoms with Gasteiger partial charge in [0.1, 0.15) is 0 Å². The van der Waals surface area contributed by atoms with Crippen LogP contribution in [0.2, 0.25) is 0 Å². The van der Waals surface area contributed by atoms with Gasteiger partial charge in [-0.25, -0.2) is 9.07 Å². The summed E-state index contributed by atoms with van der Waals surface area (Å²) in [6.07, 6.45) is 3.43. The highest BCUT2D eigenvalue weighted by Crippen LogP contribution is 2.37. The zero-order valence-electron chi connectivity index (χ0n) is 21.1. The second kappa shape index (κ2) is 12.3.